The summed E-state index contributed by atoms with van der Waals surface area (Å²) >= 11 is 11.9. The Balaban J connectivity index is 2.35. The average molecular weight is 298 g/mol. The van der Waals surface area contributed by atoms with Crippen LogP contribution in [0.3, 0.4) is 0 Å². The Kier molecular flexibility index (Phi) is 4.81. The molecule has 0 aliphatic rings. The Labute approximate surface area is 122 Å². The predicted octanol–water partition coefficient (Wildman–Crippen LogP) is 4.91. The molecule has 4 heteroatoms. The van der Waals surface area contributed by atoms with E-state index in [9.17, 15) is 4.39 Å². The molecular weight excluding hydrogens is 284 g/mol. The Morgan fingerprint density at radius 3 is 2.42 bits per heavy atom. The lowest BCUT2D eigenvalue weighted by Gasteiger charge is -2.09. The molecule has 2 aromatic carbocycles. The lowest BCUT2D eigenvalue weighted by Crippen LogP contribution is -2.11. The quantitative estimate of drug-likeness (QED) is 0.845. The van der Waals surface area contributed by atoms with Crippen LogP contribution < -0.4 is 5.32 Å². The smallest absolute Gasteiger partial charge is 0.131 e. The van der Waals surface area contributed by atoms with E-state index in [0.717, 1.165) is 12.1 Å². The first-order valence-electron chi connectivity index (χ1n) is 6.06. The van der Waals surface area contributed by atoms with Gasteiger partial charge in [-0.2, -0.15) is 0 Å². The molecular formula is C15H14Cl2FN. The molecule has 0 atom stereocenters. The highest BCUT2D eigenvalue weighted by atomic mass is 35.5. The Hall–Kier alpha value is -1.09. The molecule has 1 nitrogen and oxygen atoms in total. The summed E-state index contributed by atoms with van der Waals surface area (Å²) in [5.41, 5.74) is 2.05. The van der Waals surface area contributed by atoms with Crippen molar-refractivity contribution in [1.29, 1.82) is 0 Å². The summed E-state index contributed by atoms with van der Waals surface area (Å²) in [6.45, 7) is 3.52. The number of halogens is 3. The van der Waals surface area contributed by atoms with Crippen LogP contribution in [-0.2, 0) is 6.54 Å². The van der Waals surface area contributed by atoms with Crippen molar-refractivity contribution in [2.75, 3.05) is 6.54 Å². The summed E-state index contributed by atoms with van der Waals surface area (Å²) in [4.78, 5) is 0. The molecule has 0 aliphatic carbocycles. The summed E-state index contributed by atoms with van der Waals surface area (Å²) in [5, 5.41) is 4.15. The molecule has 0 heterocycles. The van der Waals surface area contributed by atoms with E-state index < -0.39 is 0 Å². The fourth-order valence-corrected chi connectivity index (χ4v) is 2.37. The normalized spacial score (nSPS) is 10.7. The molecule has 0 aliphatic heterocycles. The first-order chi connectivity index (χ1) is 9.11. The van der Waals surface area contributed by atoms with E-state index in [2.05, 4.69) is 5.32 Å². The van der Waals surface area contributed by atoms with Gasteiger partial charge in [-0.1, -0.05) is 48.3 Å². The fourth-order valence-electron chi connectivity index (χ4n) is 1.86. The largest absolute Gasteiger partial charge is 0.313 e. The van der Waals surface area contributed by atoms with Gasteiger partial charge in [-0.15, -0.1) is 0 Å². The highest BCUT2D eigenvalue weighted by Crippen LogP contribution is 2.32. The molecule has 0 radical (unpaired) electrons. The molecule has 0 aromatic heterocycles. The van der Waals surface area contributed by atoms with Crippen LogP contribution in [0.4, 0.5) is 4.39 Å². The van der Waals surface area contributed by atoms with Crippen molar-refractivity contribution in [3.8, 4) is 11.1 Å². The van der Waals surface area contributed by atoms with Crippen LogP contribution in [0.2, 0.25) is 10.0 Å². The minimum atomic E-state index is -0.278. The van der Waals surface area contributed by atoms with E-state index in [1.165, 1.54) is 6.07 Å². The van der Waals surface area contributed by atoms with Gasteiger partial charge in [0.15, 0.2) is 0 Å². The number of hydrogen-bond acceptors (Lipinski definition) is 1. The van der Waals surface area contributed by atoms with Gasteiger partial charge in [0.1, 0.15) is 5.82 Å². The number of benzene rings is 2. The molecule has 0 fully saturated rings. The second-order valence-electron chi connectivity index (χ2n) is 4.22. The first-order valence-corrected chi connectivity index (χ1v) is 6.82. The van der Waals surface area contributed by atoms with Crippen molar-refractivity contribution in [2.45, 2.75) is 13.5 Å². The fraction of sp³-hybridized carbons (Fsp3) is 0.200. The third kappa shape index (κ3) is 3.47. The van der Waals surface area contributed by atoms with E-state index in [-0.39, 0.29) is 5.82 Å². The van der Waals surface area contributed by atoms with Crippen LogP contribution in [0.1, 0.15) is 12.5 Å². The number of nitrogens with one attached hydrogen (secondary N) is 1. The molecule has 100 valence electrons. The Bertz CT molecular complexity index is 584. The van der Waals surface area contributed by atoms with Crippen molar-refractivity contribution in [3.05, 3.63) is 57.8 Å². The van der Waals surface area contributed by atoms with Gasteiger partial charge in [-0.25, -0.2) is 4.39 Å². The van der Waals surface area contributed by atoms with Gasteiger partial charge >= 0.3 is 0 Å². The first kappa shape index (κ1) is 14.3. The Morgan fingerprint density at radius 1 is 1.05 bits per heavy atom. The van der Waals surface area contributed by atoms with Gasteiger partial charge in [-0.05, 0) is 30.3 Å². The third-order valence-corrected chi connectivity index (χ3v) is 3.38. The maximum Gasteiger partial charge on any atom is 0.131 e. The van der Waals surface area contributed by atoms with E-state index in [4.69, 9.17) is 23.2 Å². The van der Waals surface area contributed by atoms with Crippen LogP contribution in [0.5, 0.6) is 0 Å². The summed E-state index contributed by atoms with van der Waals surface area (Å²) in [7, 11) is 0. The van der Waals surface area contributed by atoms with E-state index in [1.807, 2.05) is 13.0 Å². The van der Waals surface area contributed by atoms with Crippen LogP contribution in [-0.4, -0.2) is 6.54 Å². The third-order valence-electron chi connectivity index (χ3n) is 2.83. The Morgan fingerprint density at radius 2 is 1.79 bits per heavy atom. The molecule has 19 heavy (non-hydrogen) atoms. The zero-order valence-corrected chi connectivity index (χ0v) is 12.0. The molecule has 2 rings (SSSR count). The van der Waals surface area contributed by atoms with Crippen molar-refractivity contribution >= 4 is 23.2 Å². The molecule has 0 bridgehead atoms. The zero-order chi connectivity index (χ0) is 13.8. The van der Waals surface area contributed by atoms with Gasteiger partial charge in [0.25, 0.3) is 0 Å². The summed E-state index contributed by atoms with van der Waals surface area (Å²) in [5.74, 6) is -0.278. The number of rotatable bonds is 4. The van der Waals surface area contributed by atoms with Gasteiger partial charge in [-0.3, -0.25) is 0 Å². The van der Waals surface area contributed by atoms with Crippen LogP contribution in [0.15, 0.2) is 36.4 Å². The predicted molar refractivity (Wildman–Crippen MR) is 79.2 cm³/mol. The molecule has 0 spiro atoms. The molecule has 1 N–H and O–H groups in total. The second-order valence-corrected chi connectivity index (χ2v) is 5.06. The van der Waals surface area contributed by atoms with Gasteiger partial charge in [0.05, 0.1) is 0 Å². The lowest BCUT2D eigenvalue weighted by atomic mass is 10.0. The van der Waals surface area contributed by atoms with Crippen molar-refractivity contribution in [2.24, 2.45) is 0 Å². The van der Waals surface area contributed by atoms with Gasteiger partial charge in [0, 0.05) is 27.7 Å². The monoisotopic (exact) mass is 297 g/mol. The molecule has 0 unspecified atom stereocenters. The molecule has 0 saturated heterocycles. The minimum absolute atomic E-state index is 0.278. The summed E-state index contributed by atoms with van der Waals surface area (Å²) < 4.78 is 14.1. The molecule has 2 aromatic rings. The van der Waals surface area contributed by atoms with Gasteiger partial charge in [0.2, 0.25) is 0 Å². The van der Waals surface area contributed by atoms with Crippen molar-refractivity contribution < 1.29 is 4.39 Å². The highest BCUT2D eigenvalue weighted by Gasteiger charge is 2.10. The van der Waals surface area contributed by atoms with Crippen molar-refractivity contribution in [1.82, 2.24) is 5.32 Å². The van der Waals surface area contributed by atoms with Crippen molar-refractivity contribution in [3.63, 3.8) is 0 Å². The second kappa shape index (κ2) is 6.38. The van der Waals surface area contributed by atoms with Crippen LogP contribution >= 0.6 is 23.2 Å². The average Bonchev–Trinajstić information content (AvgIpc) is 2.37. The molecule has 0 amide bonds. The van der Waals surface area contributed by atoms with E-state index in [0.29, 0.717) is 27.7 Å². The maximum atomic E-state index is 14.1. The van der Waals surface area contributed by atoms with Crippen LogP contribution in [0, 0.1) is 5.82 Å². The van der Waals surface area contributed by atoms with Crippen LogP contribution in [0.25, 0.3) is 11.1 Å². The number of hydrogen-bond donors (Lipinski definition) is 1. The topological polar surface area (TPSA) is 12.0 Å². The summed E-state index contributed by atoms with van der Waals surface area (Å²) in [6.07, 6.45) is 0. The zero-order valence-electron chi connectivity index (χ0n) is 10.5. The van der Waals surface area contributed by atoms with E-state index in [1.54, 1.807) is 24.3 Å². The standard InChI is InChI=1S/C15H14Cl2FN/c1-2-19-9-10-3-5-13(15(18)7-10)12-6-4-11(16)8-14(12)17/h3-8,19H,2,9H2,1H3. The SMILES string of the molecule is CCNCc1ccc(-c2ccc(Cl)cc2Cl)c(F)c1. The van der Waals surface area contributed by atoms with Gasteiger partial charge < -0.3 is 5.32 Å². The highest BCUT2D eigenvalue weighted by molar-refractivity contribution is 6.36. The lowest BCUT2D eigenvalue weighted by molar-refractivity contribution is 0.625. The van der Waals surface area contributed by atoms with E-state index >= 15 is 0 Å². The summed E-state index contributed by atoms with van der Waals surface area (Å²) in [6, 6.07) is 10.2. The minimum Gasteiger partial charge on any atom is -0.313 e. The maximum absolute atomic E-state index is 14.1. The molecule has 0 saturated carbocycles.